The Bertz CT molecular complexity index is 1540. The second kappa shape index (κ2) is 9.87. The Morgan fingerprint density at radius 3 is 2.36 bits per heavy atom. The van der Waals surface area contributed by atoms with Crippen LogP contribution in [0.25, 0.3) is 22.0 Å². The minimum absolute atomic E-state index is 0.222. The number of hydrogen-bond donors (Lipinski definition) is 2. The van der Waals surface area contributed by atoms with E-state index >= 15 is 0 Å². The van der Waals surface area contributed by atoms with Crippen molar-refractivity contribution in [3.63, 3.8) is 0 Å². The Morgan fingerprint density at radius 2 is 1.72 bits per heavy atom. The number of pyridine rings is 2. The highest BCUT2D eigenvalue weighted by atomic mass is 32.2. The largest absolute Gasteiger partial charge is 0.340 e. The number of nitrogens with zero attached hydrogens (tertiary/aromatic N) is 2. The van der Waals surface area contributed by atoms with E-state index in [-0.39, 0.29) is 10.5 Å². The molecule has 0 spiro atoms. The summed E-state index contributed by atoms with van der Waals surface area (Å²) in [6, 6.07) is 18.7. The van der Waals surface area contributed by atoms with Crippen molar-refractivity contribution in [3.8, 4) is 11.3 Å². The second-order valence-corrected chi connectivity index (χ2v) is 11.4. The van der Waals surface area contributed by atoms with E-state index in [1.54, 1.807) is 30.5 Å². The van der Waals surface area contributed by atoms with Gasteiger partial charge >= 0.3 is 0 Å². The van der Waals surface area contributed by atoms with Crippen molar-refractivity contribution >= 4 is 32.1 Å². The Hall–Kier alpha value is -3.49. The number of rotatable bonds is 6. The first-order valence-electron chi connectivity index (χ1n) is 12.2. The highest BCUT2D eigenvalue weighted by molar-refractivity contribution is 7.90. The van der Waals surface area contributed by atoms with Crippen LogP contribution in [0.4, 0.5) is 11.5 Å². The summed E-state index contributed by atoms with van der Waals surface area (Å²) < 4.78 is 23.7. The van der Waals surface area contributed by atoms with Crippen LogP contribution in [0.1, 0.15) is 31.2 Å². The fourth-order valence-electron chi connectivity index (χ4n) is 4.88. The zero-order valence-corrected chi connectivity index (χ0v) is 21.3. The third kappa shape index (κ3) is 5.05. The molecule has 0 atom stereocenters. The normalized spacial score (nSPS) is 15.3. The first-order chi connectivity index (χ1) is 17.3. The second-order valence-electron chi connectivity index (χ2n) is 9.38. The first-order valence-corrected chi connectivity index (χ1v) is 14.1. The molecule has 0 saturated carbocycles. The quantitative estimate of drug-likeness (QED) is 0.388. The van der Waals surface area contributed by atoms with Crippen molar-refractivity contribution < 1.29 is 8.42 Å². The number of anilines is 2. The highest BCUT2D eigenvalue weighted by Crippen LogP contribution is 2.31. The maximum atomic E-state index is 12.7. The van der Waals surface area contributed by atoms with Gasteiger partial charge in [0.1, 0.15) is 5.82 Å². The van der Waals surface area contributed by atoms with Gasteiger partial charge < -0.3 is 15.2 Å². The number of H-pyrrole nitrogens is 1. The molecule has 1 aliphatic heterocycles. The van der Waals surface area contributed by atoms with Gasteiger partial charge in [-0.3, -0.25) is 4.79 Å². The lowest BCUT2D eigenvalue weighted by Gasteiger charge is -2.31. The van der Waals surface area contributed by atoms with E-state index < -0.39 is 9.84 Å². The summed E-state index contributed by atoms with van der Waals surface area (Å²) >= 11 is 0. The minimum Gasteiger partial charge on any atom is -0.340 e. The van der Waals surface area contributed by atoms with Crippen LogP contribution in [0.5, 0.6) is 0 Å². The summed E-state index contributed by atoms with van der Waals surface area (Å²) in [5.74, 6) is 1.03. The van der Waals surface area contributed by atoms with Gasteiger partial charge in [0.05, 0.1) is 16.0 Å². The Morgan fingerprint density at radius 1 is 1.03 bits per heavy atom. The minimum atomic E-state index is -3.29. The number of nitrogens with one attached hydrogen (secondary N) is 2. The summed E-state index contributed by atoms with van der Waals surface area (Å²) in [5, 5.41) is 4.57. The number of hydrogen-bond acceptors (Lipinski definition) is 6. The van der Waals surface area contributed by atoms with E-state index in [0.717, 1.165) is 36.3 Å². The summed E-state index contributed by atoms with van der Waals surface area (Å²) in [6.07, 6.45) is 5.14. The van der Waals surface area contributed by atoms with Gasteiger partial charge in [0.2, 0.25) is 0 Å². The van der Waals surface area contributed by atoms with Crippen molar-refractivity contribution in [3.05, 3.63) is 82.8 Å². The average molecular weight is 503 g/mol. The fourth-order valence-corrected chi connectivity index (χ4v) is 5.51. The van der Waals surface area contributed by atoms with E-state index in [1.807, 2.05) is 24.3 Å². The van der Waals surface area contributed by atoms with Crippen LogP contribution in [0.3, 0.4) is 0 Å². The molecule has 1 aliphatic rings. The zero-order valence-electron chi connectivity index (χ0n) is 20.5. The summed E-state index contributed by atoms with van der Waals surface area (Å²) in [4.78, 5) is 22.9. The lowest BCUT2D eigenvalue weighted by atomic mass is 9.89. The number of likely N-dealkylation sites (tertiary alicyclic amines) is 1. The van der Waals surface area contributed by atoms with Crippen molar-refractivity contribution in [1.29, 1.82) is 0 Å². The Balaban J connectivity index is 1.46. The number of benzene rings is 2. The third-order valence-electron chi connectivity index (χ3n) is 7.01. The summed E-state index contributed by atoms with van der Waals surface area (Å²) in [6.45, 7) is 5.59. The van der Waals surface area contributed by atoms with Crippen LogP contribution in [-0.4, -0.2) is 49.2 Å². The lowest BCUT2D eigenvalue weighted by molar-refractivity contribution is 0.222. The molecule has 2 aromatic carbocycles. The van der Waals surface area contributed by atoms with Crippen molar-refractivity contribution in [2.24, 2.45) is 0 Å². The standard InChI is InChI=1S/C28H30N4O3S/c1-3-32-16-13-20(14-17-32)19-4-8-23(9-5-19)30-27-26-22(12-15-29-28(26)33)18-25(31-27)21-6-10-24(11-7-21)36(2,34)35/h4-12,15,18,20H,3,13-14,16-17H2,1-2H3,(H,29,33)(H,30,31). The van der Waals surface area contributed by atoms with E-state index in [2.05, 4.69) is 34.3 Å². The van der Waals surface area contributed by atoms with Gasteiger partial charge in [-0.1, -0.05) is 31.2 Å². The van der Waals surface area contributed by atoms with E-state index in [9.17, 15) is 13.2 Å². The Kier molecular flexibility index (Phi) is 6.64. The van der Waals surface area contributed by atoms with Crippen molar-refractivity contribution in [2.45, 2.75) is 30.6 Å². The first kappa shape index (κ1) is 24.2. The molecule has 2 aromatic heterocycles. The molecule has 36 heavy (non-hydrogen) atoms. The fraction of sp³-hybridized carbons (Fsp3) is 0.286. The summed E-state index contributed by atoms with van der Waals surface area (Å²) in [5.41, 5.74) is 3.38. The van der Waals surface area contributed by atoms with E-state index in [0.29, 0.717) is 22.8 Å². The average Bonchev–Trinajstić information content (AvgIpc) is 2.89. The van der Waals surface area contributed by atoms with Crippen LogP contribution < -0.4 is 10.9 Å². The molecule has 1 fully saturated rings. The molecule has 7 nitrogen and oxygen atoms in total. The molecule has 0 bridgehead atoms. The molecule has 0 unspecified atom stereocenters. The molecule has 186 valence electrons. The van der Waals surface area contributed by atoms with Gasteiger partial charge in [-0.2, -0.15) is 0 Å². The van der Waals surface area contributed by atoms with Crippen molar-refractivity contribution in [2.75, 3.05) is 31.2 Å². The summed E-state index contributed by atoms with van der Waals surface area (Å²) in [7, 11) is -3.29. The molecule has 1 saturated heterocycles. The van der Waals surface area contributed by atoms with Crippen LogP contribution in [0.15, 0.2) is 76.6 Å². The molecule has 8 heteroatoms. The lowest BCUT2D eigenvalue weighted by Crippen LogP contribution is -2.32. The number of piperidine rings is 1. The number of aromatic amines is 1. The van der Waals surface area contributed by atoms with Crippen molar-refractivity contribution in [1.82, 2.24) is 14.9 Å². The van der Waals surface area contributed by atoms with E-state index in [1.165, 1.54) is 24.7 Å². The monoisotopic (exact) mass is 502 g/mol. The Labute approximate surface area is 211 Å². The molecular formula is C28H30N4O3S. The van der Waals surface area contributed by atoms with Gasteiger partial charge in [0.25, 0.3) is 5.56 Å². The van der Waals surface area contributed by atoms with Crippen LogP contribution in [0.2, 0.25) is 0 Å². The van der Waals surface area contributed by atoms with Gasteiger partial charge in [-0.05, 0) is 85.7 Å². The maximum Gasteiger partial charge on any atom is 0.259 e. The van der Waals surface area contributed by atoms with Crippen LogP contribution >= 0.6 is 0 Å². The SMILES string of the molecule is CCN1CCC(c2ccc(Nc3nc(-c4ccc(S(C)(=O)=O)cc4)cc4cc[nH]c(=O)c34)cc2)CC1. The van der Waals surface area contributed by atoms with Crippen LogP contribution in [-0.2, 0) is 9.84 Å². The number of fused-ring (bicyclic) bond motifs is 1. The smallest absolute Gasteiger partial charge is 0.259 e. The van der Waals surface area contributed by atoms with E-state index in [4.69, 9.17) is 4.98 Å². The van der Waals surface area contributed by atoms with Gasteiger partial charge in [0, 0.05) is 23.7 Å². The predicted octanol–water partition coefficient (Wildman–Crippen LogP) is 4.94. The molecule has 4 aromatic rings. The molecular weight excluding hydrogens is 472 g/mol. The molecule has 0 amide bonds. The highest BCUT2D eigenvalue weighted by Gasteiger charge is 2.19. The predicted molar refractivity (Wildman–Crippen MR) is 145 cm³/mol. The number of sulfone groups is 1. The van der Waals surface area contributed by atoms with Gasteiger partial charge in [0.15, 0.2) is 9.84 Å². The molecule has 0 aliphatic carbocycles. The third-order valence-corrected chi connectivity index (χ3v) is 8.14. The van der Waals surface area contributed by atoms with Crippen LogP contribution in [0, 0.1) is 0 Å². The zero-order chi connectivity index (χ0) is 25.3. The van der Waals surface area contributed by atoms with Gasteiger partial charge in [-0.15, -0.1) is 0 Å². The van der Waals surface area contributed by atoms with Gasteiger partial charge in [-0.25, -0.2) is 13.4 Å². The molecule has 5 rings (SSSR count). The maximum absolute atomic E-state index is 12.7. The molecule has 2 N–H and O–H groups in total. The topological polar surface area (TPSA) is 95.2 Å². The molecule has 0 radical (unpaired) electrons. The number of aromatic nitrogens is 2. The molecule has 3 heterocycles.